The fourth-order valence-corrected chi connectivity index (χ4v) is 3.88. The summed E-state index contributed by atoms with van der Waals surface area (Å²) in [6.45, 7) is 2.73. The summed E-state index contributed by atoms with van der Waals surface area (Å²) in [6.07, 6.45) is 5.80. The van der Waals surface area contributed by atoms with Crippen LogP contribution >= 0.6 is 0 Å². The SMILES string of the molecule is CN(c1ccc(OC2CCN(C(=O)C3CCOCC3)CC2)nc1)S(C)(=O)=O. The number of sulfonamides is 1. The van der Waals surface area contributed by atoms with E-state index in [0.717, 1.165) is 31.9 Å². The maximum absolute atomic E-state index is 12.6. The smallest absolute Gasteiger partial charge is 0.232 e. The molecular weight excluding hydrogens is 370 g/mol. The summed E-state index contributed by atoms with van der Waals surface area (Å²) in [5.41, 5.74) is 0.488. The monoisotopic (exact) mass is 397 g/mol. The Morgan fingerprint density at radius 2 is 1.89 bits per heavy atom. The number of hydrogen-bond acceptors (Lipinski definition) is 6. The number of rotatable bonds is 5. The van der Waals surface area contributed by atoms with Gasteiger partial charge >= 0.3 is 0 Å². The largest absolute Gasteiger partial charge is 0.474 e. The minimum Gasteiger partial charge on any atom is -0.474 e. The number of piperidine rings is 1. The number of aromatic nitrogens is 1. The van der Waals surface area contributed by atoms with Gasteiger partial charge in [0.15, 0.2) is 0 Å². The van der Waals surface area contributed by atoms with Gasteiger partial charge in [-0.2, -0.15) is 0 Å². The lowest BCUT2D eigenvalue weighted by atomic mass is 9.97. The molecule has 2 aliphatic rings. The molecular formula is C18H27N3O5S. The Morgan fingerprint density at radius 1 is 1.22 bits per heavy atom. The normalized spacial score (nSPS) is 19.7. The van der Waals surface area contributed by atoms with Crippen LogP contribution in [0, 0.1) is 5.92 Å². The quantitative estimate of drug-likeness (QED) is 0.743. The average Bonchev–Trinajstić information content (AvgIpc) is 2.68. The number of anilines is 1. The molecule has 0 bridgehead atoms. The summed E-state index contributed by atoms with van der Waals surface area (Å²) in [4.78, 5) is 18.7. The summed E-state index contributed by atoms with van der Waals surface area (Å²) in [7, 11) is -1.83. The van der Waals surface area contributed by atoms with Gasteiger partial charge in [-0.25, -0.2) is 13.4 Å². The summed E-state index contributed by atoms with van der Waals surface area (Å²) >= 11 is 0. The molecule has 0 aromatic carbocycles. The lowest BCUT2D eigenvalue weighted by Gasteiger charge is -2.35. The van der Waals surface area contributed by atoms with Crippen LogP contribution < -0.4 is 9.04 Å². The highest BCUT2D eigenvalue weighted by atomic mass is 32.2. The first kappa shape index (κ1) is 19.9. The molecule has 9 heteroatoms. The van der Waals surface area contributed by atoms with Gasteiger partial charge in [0.05, 0.1) is 18.1 Å². The first-order valence-electron chi connectivity index (χ1n) is 9.28. The van der Waals surface area contributed by atoms with Gasteiger partial charge in [-0.1, -0.05) is 0 Å². The Kier molecular flexibility index (Phi) is 6.21. The van der Waals surface area contributed by atoms with Gasteiger partial charge in [0.1, 0.15) is 6.10 Å². The lowest BCUT2D eigenvalue weighted by molar-refractivity contribution is -0.140. The van der Waals surface area contributed by atoms with Gasteiger partial charge in [-0.3, -0.25) is 9.10 Å². The molecule has 2 saturated heterocycles. The number of amides is 1. The van der Waals surface area contributed by atoms with Gasteiger partial charge in [-0.05, 0) is 18.9 Å². The van der Waals surface area contributed by atoms with Gasteiger partial charge in [0.25, 0.3) is 0 Å². The Morgan fingerprint density at radius 3 is 2.44 bits per heavy atom. The van der Waals surface area contributed by atoms with Crippen molar-refractivity contribution < 1.29 is 22.7 Å². The van der Waals surface area contributed by atoms with Crippen molar-refractivity contribution in [1.82, 2.24) is 9.88 Å². The second kappa shape index (κ2) is 8.43. The van der Waals surface area contributed by atoms with Crippen molar-refractivity contribution in [3.05, 3.63) is 18.3 Å². The number of ether oxygens (including phenoxy) is 2. The van der Waals surface area contributed by atoms with Crippen molar-refractivity contribution in [3.8, 4) is 5.88 Å². The first-order chi connectivity index (χ1) is 12.8. The van der Waals surface area contributed by atoms with Crippen molar-refractivity contribution >= 4 is 21.6 Å². The minimum absolute atomic E-state index is 0.00901. The zero-order chi connectivity index (χ0) is 19.4. The standard InChI is InChI=1S/C18H27N3O5S/c1-20(27(2,23)24)15-3-4-17(19-13-15)26-16-5-9-21(10-6-16)18(22)14-7-11-25-12-8-14/h3-4,13-14,16H,5-12H2,1-2H3. The molecule has 1 aromatic heterocycles. The number of carbonyl (C=O) groups is 1. The zero-order valence-corrected chi connectivity index (χ0v) is 16.7. The molecule has 2 fully saturated rings. The number of pyridine rings is 1. The fraction of sp³-hybridized carbons (Fsp3) is 0.667. The second-order valence-electron chi connectivity index (χ2n) is 7.11. The maximum atomic E-state index is 12.6. The predicted octanol–water partition coefficient (Wildman–Crippen LogP) is 1.27. The van der Waals surface area contributed by atoms with E-state index in [1.165, 1.54) is 17.5 Å². The topological polar surface area (TPSA) is 89.0 Å². The van der Waals surface area contributed by atoms with Crippen LogP contribution in [-0.4, -0.2) is 69.9 Å². The molecule has 3 rings (SSSR count). The number of hydrogen-bond donors (Lipinski definition) is 0. The van der Waals surface area contributed by atoms with Crippen LogP contribution in [0.5, 0.6) is 5.88 Å². The highest BCUT2D eigenvalue weighted by molar-refractivity contribution is 7.92. The van der Waals surface area contributed by atoms with E-state index in [-0.39, 0.29) is 17.9 Å². The molecule has 150 valence electrons. The molecule has 0 saturated carbocycles. The molecule has 3 heterocycles. The minimum atomic E-state index is -3.31. The third-order valence-corrected chi connectivity index (χ3v) is 6.40. The molecule has 0 unspecified atom stereocenters. The van der Waals surface area contributed by atoms with Crippen LogP contribution in [0.2, 0.25) is 0 Å². The maximum Gasteiger partial charge on any atom is 0.232 e. The molecule has 0 radical (unpaired) electrons. The van der Waals surface area contributed by atoms with E-state index in [2.05, 4.69) is 4.98 Å². The first-order valence-corrected chi connectivity index (χ1v) is 11.1. The molecule has 0 spiro atoms. The highest BCUT2D eigenvalue weighted by Crippen LogP contribution is 2.23. The zero-order valence-electron chi connectivity index (χ0n) is 15.8. The van der Waals surface area contributed by atoms with Gasteiger partial charge in [-0.15, -0.1) is 0 Å². The number of likely N-dealkylation sites (tertiary alicyclic amines) is 1. The van der Waals surface area contributed by atoms with Crippen LogP contribution in [0.25, 0.3) is 0 Å². The fourth-order valence-electron chi connectivity index (χ4n) is 3.39. The predicted molar refractivity (Wildman–Crippen MR) is 101 cm³/mol. The molecule has 0 atom stereocenters. The van der Waals surface area contributed by atoms with E-state index in [0.29, 0.717) is 37.9 Å². The van der Waals surface area contributed by atoms with Gasteiger partial charge < -0.3 is 14.4 Å². The summed E-state index contributed by atoms with van der Waals surface area (Å²) in [6, 6.07) is 3.35. The van der Waals surface area contributed by atoms with Crippen molar-refractivity contribution in [2.24, 2.45) is 5.92 Å². The summed E-state index contributed by atoms with van der Waals surface area (Å²) in [5.74, 6) is 0.801. The van der Waals surface area contributed by atoms with Gasteiger partial charge in [0.2, 0.25) is 21.8 Å². The van der Waals surface area contributed by atoms with Gasteiger partial charge in [0, 0.05) is 58.2 Å². The molecule has 0 N–H and O–H groups in total. The van der Waals surface area contributed by atoms with Crippen LogP contribution in [-0.2, 0) is 19.6 Å². The van der Waals surface area contributed by atoms with E-state index in [4.69, 9.17) is 9.47 Å². The Hall–Kier alpha value is -1.87. The van der Waals surface area contributed by atoms with Crippen molar-refractivity contribution in [1.29, 1.82) is 0 Å². The van der Waals surface area contributed by atoms with Crippen LogP contribution in [0.4, 0.5) is 5.69 Å². The highest BCUT2D eigenvalue weighted by Gasteiger charge is 2.30. The number of carbonyl (C=O) groups excluding carboxylic acids is 1. The van der Waals surface area contributed by atoms with Crippen molar-refractivity contribution in [2.45, 2.75) is 31.8 Å². The molecule has 0 aliphatic carbocycles. The van der Waals surface area contributed by atoms with Crippen LogP contribution in [0.1, 0.15) is 25.7 Å². The third-order valence-electron chi connectivity index (χ3n) is 5.19. The molecule has 8 nitrogen and oxygen atoms in total. The Balaban J connectivity index is 1.49. The second-order valence-corrected chi connectivity index (χ2v) is 9.13. The summed E-state index contributed by atoms with van der Waals surface area (Å²) < 4.78 is 35.5. The van der Waals surface area contributed by atoms with E-state index < -0.39 is 10.0 Å². The number of nitrogens with zero attached hydrogens (tertiary/aromatic N) is 3. The third kappa shape index (κ3) is 5.10. The lowest BCUT2D eigenvalue weighted by Crippen LogP contribution is -2.45. The molecule has 1 aromatic rings. The molecule has 2 aliphatic heterocycles. The van der Waals surface area contributed by atoms with E-state index >= 15 is 0 Å². The molecule has 27 heavy (non-hydrogen) atoms. The van der Waals surface area contributed by atoms with E-state index in [9.17, 15) is 13.2 Å². The Bertz CT molecular complexity index is 739. The van der Waals surface area contributed by atoms with Crippen molar-refractivity contribution in [3.63, 3.8) is 0 Å². The van der Waals surface area contributed by atoms with E-state index in [1.807, 2.05) is 4.90 Å². The average molecular weight is 397 g/mol. The van der Waals surface area contributed by atoms with Crippen molar-refractivity contribution in [2.75, 3.05) is 43.9 Å². The van der Waals surface area contributed by atoms with E-state index in [1.54, 1.807) is 12.1 Å². The molecule has 1 amide bonds. The summed E-state index contributed by atoms with van der Waals surface area (Å²) in [5, 5.41) is 0. The van der Waals surface area contributed by atoms with Crippen LogP contribution in [0.3, 0.4) is 0 Å². The van der Waals surface area contributed by atoms with Crippen LogP contribution in [0.15, 0.2) is 18.3 Å². The Labute approximate surface area is 160 Å².